The molecule has 0 radical (unpaired) electrons. The molecule has 0 aromatic rings. The number of ether oxygens (including phenoxy) is 3. The van der Waals surface area contributed by atoms with E-state index < -0.39 is 0 Å². The molecule has 130 valence electrons. The molecule has 22 heavy (non-hydrogen) atoms. The molecular formula is C17H33NO4. The molecule has 0 spiro atoms. The minimum atomic E-state index is -0.346. The van der Waals surface area contributed by atoms with Crippen molar-refractivity contribution >= 4 is 5.91 Å². The molecule has 1 aliphatic carbocycles. The average molecular weight is 315 g/mol. The second-order valence-corrected chi connectivity index (χ2v) is 6.86. The van der Waals surface area contributed by atoms with Crippen molar-refractivity contribution in [1.29, 1.82) is 0 Å². The molecule has 1 aliphatic rings. The number of hydrogen-bond donors (Lipinski definition) is 1. The molecule has 0 aliphatic heterocycles. The number of rotatable bonds is 10. The zero-order valence-electron chi connectivity index (χ0n) is 14.5. The Balaban J connectivity index is 1.81. The van der Waals surface area contributed by atoms with Gasteiger partial charge in [0.25, 0.3) is 0 Å². The van der Waals surface area contributed by atoms with E-state index >= 15 is 0 Å². The number of carbonyl (C=O) groups is 1. The number of carbonyl (C=O) groups excluding carboxylic acids is 1. The third-order valence-corrected chi connectivity index (χ3v) is 3.72. The second kappa shape index (κ2) is 11.0. The van der Waals surface area contributed by atoms with Gasteiger partial charge in [-0.3, -0.25) is 4.79 Å². The zero-order valence-corrected chi connectivity index (χ0v) is 14.5. The van der Waals surface area contributed by atoms with Gasteiger partial charge in [-0.15, -0.1) is 0 Å². The molecule has 0 heterocycles. The Morgan fingerprint density at radius 1 is 0.955 bits per heavy atom. The summed E-state index contributed by atoms with van der Waals surface area (Å²) in [6.45, 7) is 9.17. The zero-order chi connectivity index (χ0) is 16.3. The SMILES string of the molecule is CC(C)(C)C(=O)NCCOCCOCCOC1CCCCC1. The van der Waals surface area contributed by atoms with Gasteiger partial charge < -0.3 is 19.5 Å². The van der Waals surface area contributed by atoms with Crippen molar-refractivity contribution in [1.82, 2.24) is 5.32 Å². The summed E-state index contributed by atoms with van der Waals surface area (Å²) < 4.78 is 16.7. The highest BCUT2D eigenvalue weighted by molar-refractivity contribution is 5.81. The molecule has 1 N–H and O–H groups in total. The molecule has 1 amide bonds. The van der Waals surface area contributed by atoms with Gasteiger partial charge in [0.15, 0.2) is 0 Å². The predicted molar refractivity (Wildman–Crippen MR) is 86.9 cm³/mol. The molecule has 5 heteroatoms. The van der Waals surface area contributed by atoms with Crippen LogP contribution in [-0.2, 0) is 19.0 Å². The van der Waals surface area contributed by atoms with E-state index in [0.29, 0.717) is 45.7 Å². The Labute approximate surface area is 135 Å². The van der Waals surface area contributed by atoms with Crippen LogP contribution in [0.15, 0.2) is 0 Å². The largest absolute Gasteiger partial charge is 0.377 e. The van der Waals surface area contributed by atoms with Crippen LogP contribution in [0.5, 0.6) is 0 Å². The van der Waals surface area contributed by atoms with E-state index in [1.54, 1.807) is 0 Å². The predicted octanol–water partition coefficient (Wildman–Crippen LogP) is 2.53. The number of amides is 1. The maximum Gasteiger partial charge on any atom is 0.225 e. The number of nitrogens with one attached hydrogen (secondary N) is 1. The smallest absolute Gasteiger partial charge is 0.225 e. The quantitative estimate of drug-likeness (QED) is 0.629. The van der Waals surface area contributed by atoms with E-state index in [2.05, 4.69) is 5.32 Å². The van der Waals surface area contributed by atoms with Crippen molar-refractivity contribution in [3.8, 4) is 0 Å². The van der Waals surface area contributed by atoms with E-state index in [1.165, 1.54) is 32.1 Å². The molecule has 0 atom stereocenters. The van der Waals surface area contributed by atoms with Crippen LogP contribution in [0.2, 0.25) is 0 Å². The van der Waals surface area contributed by atoms with Gasteiger partial charge in [0.1, 0.15) is 0 Å². The van der Waals surface area contributed by atoms with E-state index in [0.717, 1.165) is 0 Å². The fraction of sp³-hybridized carbons (Fsp3) is 0.941. The molecule has 0 bridgehead atoms. The molecule has 1 fully saturated rings. The summed E-state index contributed by atoms with van der Waals surface area (Å²) in [6.07, 6.45) is 6.78. The van der Waals surface area contributed by atoms with Crippen LogP contribution in [0.25, 0.3) is 0 Å². The van der Waals surface area contributed by atoms with Gasteiger partial charge in [-0.05, 0) is 12.8 Å². The lowest BCUT2D eigenvalue weighted by molar-refractivity contribution is -0.128. The van der Waals surface area contributed by atoms with Gasteiger partial charge in [-0.2, -0.15) is 0 Å². The van der Waals surface area contributed by atoms with Crippen LogP contribution in [0.3, 0.4) is 0 Å². The summed E-state index contributed by atoms with van der Waals surface area (Å²) in [6, 6.07) is 0. The van der Waals surface area contributed by atoms with Gasteiger partial charge in [-0.25, -0.2) is 0 Å². The Bertz CT molecular complexity index is 296. The Hall–Kier alpha value is -0.650. The Kier molecular flexibility index (Phi) is 9.68. The van der Waals surface area contributed by atoms with Crippen LogP contribution in [0.1, 0.15) is 52.9 Å². The first kappa shape index (κ1) is 19.4. The lowest BCUT2D eigenvalue weighted by Crippen LogP contribution is -2.36. The summed E-state index contributed by atoms with van der Waals surface area (Å²) in [5, 5.41) is 2.85. The number of hydrogen-bond acceptors (Lipinski definition) is 4. The Morgan fingerprint density at radius 2 is 1.55 bits per heavy atom. The van der Waals surface area contributed by atoms with Gasteiger partial charge in [0, 0.05) is 12.0 Å². The summed E-state index contributed by atoms with van der Waals surface area (Å²) in [4.78, 5) is 11.6. The minimum Gasteiger partial charge on any atom is -0.377 e. The normalized spacial score (nSPS) is 16.7. The van der Waals surface area contributed by atoms with Crippen LogP contribution >= 0.6 is 0 Å². The molecule has 1 saturated carbocycles. The third kappa shape index (κ3) is 9.38. The van der Waals surface area contributed by atoms with Crippen LogP contribution in [-0.4, -0.2) is 51.6 Å². The van der Waals surface area contributed by atoms with Gasteiger partial charge in [0.05, 0.1) is 39.1 Å². The Morgan fingerprint density at radius 3 is 2.18 bits per heavy atom. The molecule has 1 rings (SSSR count). The molecule has 0 saturated heterocycles. The minimum absolute atomic E-state index is 0.0483. The monoisotopic (exact) mass is 315 g/mol. The highest BCUT2D eigenvalue weighted by Gasteiger charge is 2.20. The third-order valence-electron chi connectivity index (χ3n) is 3.72. The second-order valence-electron chi connectivity index (χ2n) is 6.86. The maximum atomic E-state index is 11.6. The maximum absolute atomic E-state index is 11.6. The van der Waals surface area contributed by atoms with Crippen molar-refractivity contribution in [2.75, 3.05) is 39.6 Å². The first-order valence-electron chi connectivity index (χ1n) is 8.55. The fourth-order valence-corrected chi connectivity index (χ4v) is 2.33. The molecule has 5 nitrogen and oxygen atoms in total. The van der Waals surface area contributed by atoms with E-state index in [1.807, 2.05) is 20.8 Å². The lowest BCUT2D eigenvalue weighted by Gasteiger charge is -2.21. The molecule has 0 unspecified atom stereocenters. The van der Waals surface area contributed by atoms with E-state index in [-0.39, 0.29) is 11.3 Å². The highest BCUT2D eigenvalue weighted by atomic mass is 16.5. The summed E-state index contributed by atoms with van der Waals surface area (Å²) in [5.41, 5.74) is -0.346. The van der Waals surface area contributed by atoms with Crippen LogP contribution in [0.4, 0.5) is 0 Å². The van der Waals surface area contributed by atoms with Crippen LogP contribution in [0, 0.1) is 5.41 Å². The van der Waals surface area contributed by atoms with E-state index in [4.69, 9.17) is 14.2 Å². The van der Waals surface area contributed by atoms with Crippen molar-refractivity contribution in [2.45, 2.75) is 59.0 Å². The van der Waals surface area contributed by atoms with Crippen molar-refractivity contribution in [2.24, 2.45) is 5.41 Å². The average Bonchev–Trinajstić information content (AvgIpc) is 2.49. The van der Waals surface area contributed by atoms with Gasteiger partial charge in [0.2, 0.25) is 5.91 Å². The first-order chi connectivity index (χ1) is 10.5. The summed E-state index contributed by atoms with van der Waals surface area (Å²) >= 11 is 0. The van der Waals surface area contributed by atoms with Gasteiger partial charge >= 0.3 is 0 Å². The van der Waals surface area contributed by atoms with Gasteiger partial charge in [-0.1, -0.05) is 40.0 Å². The first-order valence-corrected chi connectivity index (χ1v) is 8.55. The van der Waals surface area contributed by atoms with Crippen molar-refractivity contribution in [3.05, 3.63) is 0 Å². The molecule has 0 aromatic heterocycles. The summed E-state index contributed by atoms with van der Waals surface area (Å²) in [7, 11) is 0. The molecule has 0 aromatic carbocycles. The molecular weight excluding hydrogens is 282 g/mol. The highest BCUT2D eigenvalue weighted by Crippen LogP contribution is 2.19. The standard InChI is InChI=1S/C17H33NO4/c1-17(2,3)16(19)18-9-10-20-11-12-21-13-14-22-15-7-5-4-6-8-15/h15H,4-14H2,1-3H3,(H,18,19). The topological polar surface area (TPSA) is 56.8 Å². The van der Waals surface area contributed by atoms with Crippen molar-refractivity contribution < 1.29 is 19.0 Å². The summed E-state index contributed by atoms with van der Waals surface area (Å²) in [5.74, 6) is 0.0483. The lowest BCUT2D eigenvalue weighted by atomic mass is 9.96. The van der Waals surface area contributed by atoms with E-state index in [9.17, 15) is 4.79 Å². The van der Waals surface area contributed by atoms with Crippen molar-refractivity contribution in [3.63, 3.8) is 0 Å². The fourth-order valence-electron chi connectivity index (χ4n) is 2.33. The van der Waals surface area contributed by atoms with Crippen LogP contribution < -0.4 is 5.32 Å².